The number of likely N-dealkylation sites (N-methyl/N-ethyl adjacent to an activating group) is 1. The number of hydrogen-bond donors (Lipinski definition) is 1. The fraction of sp³-hybridized carbons (Fsp3) is 0.500. The zero-order valence-corrected chi connectivity index (χ0v) is 15.8. The monoisotopic (exact) mass is 366 g/mol. The molecule has 0 saturated carbocycles. The first-order valence-electron chi connectivity index (χ1n) is 8.32. The van der Waals surface area contributed by atoms with E-state index in [2.05, 4.69) is 5.32 Å². The third-order valence-electron chi connectivity index (χ3n) is 3.69. The largest absolute Gasteiger partial charge is 0.454 e. The summed E-state index contributed by atoms with van der Waals surface area (Å²) in [7, 11) is 0. The van der Waals surface area contributed by atoms with Crippen molar-refractivity contribution in [2.24, 2.45) is 0 Å². The van der Waals surface area contributed by atoms with Crippen LogP contribution >= 0.6 is 11.8 Å². The highest BCUT2D eigenvalue weighted by Gasteiger charge is 2.24. The molecule has 1 aromatic rings. The molecule has 2 amide bonds. The first-order valence-corrected chi connectivity index (χ1v) is 9.72. The Labute approximate surface area is 153 Å². The Balaban J connectivity index is 2.65. The second kappa shape index (κ2) is 11.5. The molecule has 0 bridgehead atoms. The predicted molar refractivity (Wildman–Crippen MR) is 99.6 cm³/mol. The molecule has 0 aromatic heterocycles. The van der Waals surface area contributed by atoms with Gasteiger partial charge >= 0.3 is 5.97 Å². The molecule has 1 aromatic carbocycles. The zero-order valence-electron chi connectivity index (χ0n) is 15.0. The summed E-state index contributed by atoms with van der Waals surface area (Å²) in [5.41, 5.74) is 0.476. The molecule has 0 aliphatic rings. The Hall–Kier alpha value is -2.02. The SMILES string of the molecule is CCN(CC)C(=O)COC(=O)C(CCSC)NC(=O)c1ccccc1. The van der Waals surface area contributed by atoms with Gasteiger partial charge in [0.15, 0.2) is 6.61 Å². The number of rotatable bonds is 10. The number of nitrogens with zero attached hydrogens (tertiary/aromatic N) is 1. The van der Waals surface area contributed by atoms with Gasteiger partial charge in [0.2, 0.25) is 0 Å². The van der Waals surface area contributed by atoms with E-state index >= 15 is 0 Å². The third kappa shape index (κ3) is 7.17. The maximum absolute atomic E-state index is 12.3. The van der Waals surface area contributed by atoms with Crippen molar-refractivity contribution >= 4 is 29.5 Å². The van der Waals surface area contributed by atoms with Crippen LogP contribution in [0.25, 0.3) is 0 Å². The fourth-order valence-electron chi connectivity index (χ4n) is 2.22. The van der Waals surface area contributed by atoms with E-state index in [1.54, 1.807) is 40.9 Å². The van der Waals surface area contributed by atoms with Gasteiger partial charge in [-0.2, -0.15) is 11.8 Å². The molecule has 0 fully saturated rings. The summed E-state index contributed by atoms with van der Waals surface area (Å²) in [6, 6.07) is 7.91. The highest BCUT2D eigenvalue weighted by molar-refractivity contribution is 7.98. The molecule has 1 N–H and O–H groups in total. The van der Waals surface area contributed by atoms with Gasteiger partial charge in [0, 0.05) is 18.7 Å². The van der Waals surface area contributed by atoms with E-state index in [1.807, 2.05) is 26.2 Å². The van der Waals surface area contributed by atoms with Crippen LogP contribution in [0, 0.1) is 0 Å². The molecule has 0 saturated heterocycles. The maximum Gasteiger partial charge on any atom is 0.329 e. The molecule has 1 rings (SSSR count). The molecular weight excluding hydrogens is 340 g/mol. The number of benzene rings is 1. The van der Waals surface area contributed by atoms with Gasteiger partial charge in [0.25, 0.3) is 11.8 Å². The topological polar surface area (TPSA) is 75.7 Å². The van der Waals surface area contributed by atoms with Crippen LogP contribution in [0.4, 0.5) is 0 Å². The van der Waals surface area contributed by atoms with Crippen molar-refractivity contribution in [3.63, 3.8) is 0 Å². The van der Waals surface area contributed by atoms with Gasteiger partial charge in [-0.15, -0.1) is 0 Å². The predicted octanol–water partition coefficient (Wildman–Crippen LogP) is 1.95. The number of carbonyl (C=O) groups is 3. The minimum Gasteiger partial charge on any atom is -0.454 e. The first kappa shape index (κ1) is 21.0. The van der Waals surface area contributed by atoms with Gasteiger partial charge in [-0.05, 0) is 44.4 Å². The lowest BCUT2D eigenvalue weighted by atomic mass is 10.1. The average molecular weight is 366 g/mol. The van der Waals surface area contributed by atoms with Crippen molar-refractivity contribution in [1.82, 2.24) is 10.2 Å². The molecular formula is C18H26N2O4S. The number of carbonyl (C=O) groups excluding carboxylic acids is 3. The summed E-state index contributed by atoms with van der Waals surface area (Å²) in [5, 5.41) is 2.70. The number of hydrogen-bond acceptors (Lipinski definition) is 5. The standard InChI is InChI=1S/C18H26N2O4S/c1-4-20(5-2)16(21)13-24-18(23)15(11-12-25-3)19-17(22)14-9-7-6-8-10-14/h6-10,15H,4-5,11-13H2,1-3H3,(H,19,22). The highest BCUT2D eigenvalue weighted by Crippen LogP contribution is 2.06. The molecule has 7 heteroatoms. The van der Waals surface area contributed by atoms with Gasteiger partial charge < -0.3 is 15.0 Å². The minimum absolute atomic E-state index is 0.239. The van der Waals surface area contributed by atoms with Crippen molar-refractivity contribution in [2.75, 3.05) is 31.7 Å². The van der Waals surface area contributed by atoms with Crippen molar-refractivity contribution in [3.05, 3.63) is 35.9 Å². The van der Waals surface area contributed by atoms with Gasteiger partial charge in [-0.1, -0.05) is 18.2 Å². The van der Waals surface area contributed by atoms with Gasteiger partial charge in [0.1, 0.15) is 6.04 Å². The molecule has 0 heterocycles. The van der Waals surface area contributed by atoms with Crippen LogP contribution in [0.3, 0.4) is 0 Å². The fourth-order valence-corrected chi connectivity index (χ4v) is 2.69. The molecule has 138 valence electrons. The zero-order chi connectivity index (χ0) is 18.7. The summed E-state index contributed by atoms with van der Waals surface area (Å²) >= 11 is 1.57. The van der Waals surface area contributed by atoms with Crippen LogP contribution in [-0.2, 0) is 14.3 Å². The van der Waals surface area contributed by atoms with Crippen LogP contribution in [-0.4, -0.2) is 60.4 Å². The molecule has 0 aliphatic carbocycles. The lowest BCUT2D eigenvalue weighted by molar-refractivity contribution is -0.153. The van der Waals surface area contributed by atoms with E-state index in [0.717, 1.165) is 0 Å². The van der Waals surface area contributed by atoms with Crippen LogP contribution in [0.1, 0.15) is 30.6 Å². The second-order valence-corrected chi connectivity index (χ2v) is 6.33. The Morgan fingerprint density at radius 1 is 1.16 bits per heavy atom. The van der Waals surface area contributed by atoms with E-state index in [0.29, 0.717) is 30.8 Å². The van der Waals surface area contributed by atoms with E-state index in [4.69, 9.17) is 4.74 Å². The van der Waals surface area contributed by atoms with Gasteiger partial charge in [0.05, 0.1) is 0 Å². The number of esters is 1. The molecule has 0 spiro atoms. The lowest BCUT2D eigenvalue weighted by Gasteiger charge is -2.20. The third-order valence-corrected chi connectivity index (χ3v) is 4.33. The summed E-state index contributed by atoms with van der Waals surface area (Å²) in [6.07, 6.45) is 2.36. The smallest absolute Gasteiger partial charge is 0.329 e. The van der Waals surface area contributed by atoms with E-state index < -0.39 is 12.0 Å². The highest BCUT2D eigenvalue weighted by atomic mass is 32.2. The molecule has 0 radical (unpaired) electrons. The van der Waals surface area contributed by atoms with Crippen LogP contribution in [0.15, 0.2) is 30.3 Å². The maximum atomic E-state index is 12.3. The number of amides is 2. The lowest BCUT2D eigenvalue weighted by Crippen LogP contribution is -2.43. The molecule has 0 aliphatic heterocycles. The second-order valence-electron chi connectivity index (χ2n) is 5.35. The number of ether oxygens (including phenoxy) is 1. The number of nitrogens with one attached hydrogen (secondary N) is 1. The minimum atomic E-state index is -0.773. The van der Waals surface area contributed by atoms with E-state index in [9.17, 15) is 14.4 Å². The molecule has 1 atom stereocenters. The Kier molecular flexibility index (Phi) is 9.69. The normalized spacial score (nSPS) is 11.5. The van der Waals surface area contributed by atoms with Crippen LogP contribution < -0.4 is 5.32 Å². The summed E-state index contributed by atoms with van der Waals surface area (Å²) in [5.74, 6) is -0.465. The Bertz CT molecular complexity index is 561. The molecule has 25 heavy (non-hydrogen) atoms. The Morgan fingerprint density at radius 3 is 2.36 bits per heavy atom. The van der Waals surface area contributed by atoms with Crippen molar-refractivity contribution < 1.29 is 19.1 Å². The van der Waals surface area contributed by atoms with Crippen molar-refractivity contribution in [3.8, 4) is 0 Å². The summed E-state index contributed by atoms with van der Waals surface area (Å²) < 4.78 is 5.13. The van der Waals surface area contributed by atoms with Gasteiger partial charge in [-0.25, -0.2) is 4.79 Å². The van der Waals surface area contributed by atoms with Crippen LogP contribution in [0.2, 0.25) is 0 Å². The van der Waals surface area contributed by atoms with Crippen molar-refractivity contribution in [1.29, 1.82) is 0 Å². The van der Waals surface area contributed by atoms with Crippen LogP contribution in [0.5, 0.6) is 0 Å². The van der Waals surface area contributed by atoms with Crippen molar-refractivity contribution in [2.45, 2.75) is 26.3 Å². The quantitative estimate of drug-likeness (QED) is 0.641. The van der Waals surface area contributed by atoms with E-state index in [-0.39, 0.29) is 18.4 Å². The van der Waals surface area contributed by atoms with Gasteiger partial charge in [-0.3, -0.25) is 9.59 Å². The van der Waals surface area contributed by atoms with E-state index in [1.165, 1.54) is 0 Å². The molecule has 1 unspecified atom stereocenters. The summed E-state index contributed by atoms with van der Waals surface area (Å²) in [4.78, 5) is 38.1. The summed E-state index contributed by atoms with van der Waals surface area (Å²) in [6.45, 7) is 4.55. The molecule has 6 nitrogen and oxygen atoms in total. The Morgan fingerprint density at radius 2 is 1.80 bits per heavy atom. The number of thioether (sulfide) groups is 1. The average Bonchev–Trinajstić information content (AvgIpc) is 2.64. The first-order chi connectivity index (χ1) is 12.0.